The number of nitrogen functional groups attached to an aromatic ring is 1. The zero-order chi connectivity index (χ0) is 12.6. The van der Waals surface area contributed by atoms with E-state index in [9.17, 15) is 5.11 Å². The lowest BCUT2D eigenvalue weighted by Crippen LogP contribution is -1.96. The Hall–Kier alpha value is -2.17. The Balaban J connectivity index is 2.61. The Morgan fingerprint density at radius 2 is 2.06 bits per heavy atom. The molecule has 0 spiro atoms. The predicted molar refractivity (Wildman–Crippen MR) is 66.0 cm³/mol. The number of aromatic nitrogens is 2. The van der Waals surface area contributed by atoms with Gasteiger partial charge in [0.1, 0.15) is 17.3 Å². The summed E-state index contributed by atoms with van der Waals surface area (Å²) in [5.74, 6) is 1.42. The normalized spacial score (nSPS) is 10.5. The zero-order valence-corrected chi connectivity index (χ0v) is 10.1. The summed E-state index contributed by atoms with van der Waals surface area (Å²) in [6, 6.07) is 5.23. The third kappa shape index (κ3) is 1.91. The van der Waals surface area contributed by atoms with Crippen molar-refractivity contribution in [2.75, 3.05) is 12.8 Å². The van der Waals surface area contributed by atoms with E-state index in [4.69, 9.17) is 10.5 Å². The number of phenols is 1. The Kier molecular flexibility index (Phi) is 2.67. The maximum absolute atomic E-state index is 10.0. The zero-order valence-electron chi connectivity index (χ0n) is 10.1. The molecule has 0 unspecified atom stereocenters. The van der Waals surface area contributed by atoms with Gasteiger partial charge in [-0.05, 0) is 24.6 Å². The number of aromatic hydroxyl groups is 1. The second-order valence-electron chi connectivity index (χ2n) is 3.92. The molecule has 0 fully saturated rings. The molecule has 0 aliphatic carbocycles. The lowest BCUT2D eigenvalue weighted by atomic mass is 10.1. The molecule has 0 aliphatic rings. The first kappa shape index (κ1) is 11.3. The van der Waals surface area contributed by atoms with Gasteiger partial charge in [0, 0.05) is 18.7 Å². The van der Waals surface area contributed by atoms with Crippen molar-refractivity contribution in [2.45, 2.75) is 6.92 Å². The Labute approximate surface area is 99.4 Å². The summed E-state index contributed by atoms with van der Waals surface area (Å²) in [6.45, 7) is 1.81. The van der Waals surface area contributed by atoms with E-state index in [2.05, 4.69) is 5.10 Å². The van der Waals surface area contributed by atoms with E-state index >= 15 is 0 Å². The van der Waals surface area contributed by atoms with Gasteiger partial charge in [0.15, 0.2) is 0 Å². The summed E-state index contributed by atoms with van der Waals surface area (Å²) < 4.78 is 6.73. The molecule has 1 heterocycles. The van der Waals surface area contributed by atoms with Gasteiger partial charge in [0.05, 0.1) is 12.8 Å². The highest BCUT2D eigenvalue weighted by Gasteiger charge is 2.13. The molecule has 3 N–H and O–H groups in total. The number of nitrogens with zero attached hydrogens (tertiary/aromatic N) is 2. The summed E-state index contributed by atoms with van der Waals surface area (Å²) in [7, 11) is 3.34. The molecule has 1 aromatic heterocycles. The van der Waals surface area contributed by atoms with Gasteiger partial charge < -0.3 is 15.6 Å². The molecule has 17 heavy (non-hydrogen) atoms. The summed E-state index contributed by atoms with van der Waals surface area (Å²) in [5.41, 5.74) is 7.71. The van der Waals surface area contributed by atoms with Gasteiger partial charge >= 0.3 is 0 Å². The van der Waals surface area contributed by atoms with Crippen LogP contribution in [0.2, 0.25) is 0 Å². The minimum atomic E-state index is 0.198. The molecule has 0 amide bonds. The molecule has 0 aliphatic heterocycles. The molecule has 5 nitrogen and oxygen atoms in total. The van der Waals surface area contributed by atoms with Crippen LogP contribution in [0.3, 0.4) is 0 Å². The van der Waals surface area contributed by atoms with Crippen molar-refractivity contribution in [3.05, 3.63) is 23.8 Å². The van der Waals surface area contributed by atoms with E-state index < -0.39 is 0 Å². The van der Waals surface area contributed by atoms with Gasteiger partial charge in [0.2, 0.25) is 0 Å². The third-order valence-electron chi connectivity index (χ3n) is 2.70. The smallest absolute Gasteiger partial charge is 0.128 e. The number of hydrogen-bond donors (Lipinski definition) is 2. The molecule has 0 radical (unpaired) electrons. The number of benzene rings is 1. The van der Waals surface area contributed by atoms with Gasteiger partial charge in [-0.2, -0.15) is 5.10 Å². The highest BCUT2D eigenvalue weighted by Crippen LogP contribution is 2.35. The van der Waals surface area contributed by atoms with Crippen molar-refractivity contribution in [3.63, 3.8) is 0 Å². The lowest BCUT2D eigenvalue weighted by Gasteiger charge is -2.08. The average Bonchev–Trinajstić information content (AvgIpc) is 2.62. The number of rotatable bonds is 2. The molecule has 2 aromatic rings. The fourth-order valence-corrected chi connectivity index (χ4v) is 1.67. The summed E-state index contributed by atoms with van der Waals surface area (Å²) in [6.07, 6.45) is 0. The number of anilines is 1. The van der Waals surface area contributed by atoms with E-state index in [-0.39, 0.29) is 5.75 Å². The number of aryl methyl sites for hydroxylation is 2. The van der Waals surface area contributed by atoms with Crippen LogP contribution in [0.15, 0.2) is 18.2 Å². The third-order valence-corrected chi connectivity index (χ3v) is 2.70. The molecule has 0 saturated heterocycles. The molecule has 1 aromatic carbocycles. The maximum atomic E-state index is 10.0. The summed E-state index contributed by atoms with van der Waals surface area (Å²) >= 11 is 0. The van der Waals surface area contributed by atoms with Crippen LogP contribution < -0.4 is 10.5 Å². The van der Waals surface area contributed by atoms with Crippen LogP contribution in [0.25, 0.3) is 11.3 Å². The SMILES string of the molecule is COc1cc(C)c(O)c(-c2cc(N)n(C)n2)c1. The quantitative estimate of drug-likeness (QED) is 0.827. The second-order valence-corrected chi connectivity index (χ2v) is 3.92. The van der Waals surface area contributed by atoms with Crippen molar-refractivity contribution in [3.8, 4) is 22.8 Å². The van der Waals surface area contributed by atoms with Crippen LogP contribution >= 0.6 is 0 Å². The monoisotopic (exact) mass is 233 g/mol. The van der Waals surface area contributed by atoms with Crippen molar-refractivity contribution < 1.29 is 9.84 Å². The minimum Gasteiger partial charge on any atom is -0.507 e. The van der Waals surface area contributed by atoms with E-state index in [0.717, 1.165) is 5.56 Å². The van der Waals surface area contributed by atoms with Crippen LogP contribution in [0.5, 0.6) is 11.5 Å². The van der Waals surface area contributed by atoms with Crippen molar-refractivity contribution in [2.24, 2.45) is 7.05 Å². The summed E-state index contributed by atoms with van der Waals surface area (Å²) in [4.78, 5) is 0. The first-order chi connectivity index (χ1) is 8.02. The Morgan fingerprint density at radius 1 is 1.35 bits per heavy atom. The minimum absolute atomic E-state index is 0.198. The van der Waals surface area contributed by atoms with Gasteiger partial charge in [-0.25, -0.2) is 0 Å². The molecule has 2 rings (SSSR count). The van der Waals surface area contributed by atoms with E-state index in [0.29, 0.717) is 22.8 Å². The second kappa shape index (κ2) is 4.01. The number of methoxy groups -OCH3 is 1. The maximum Gasteiger partial charge on any atom is 0.128 e. The van der Waals surface area contributed by atoms with Gasteiger partial charge in [-0.15, -0.1) is 0 Å². The number of nitrogens with two attached hydrogens (primary N) is 1. The number of ether oxygens (including phenoxy) is 1. The van der Waals surface area contributed by atoms with Crippen molar-refractivity contribution in [1.82, 2.24) is 9.78 Å². The van der Waals surface area contributed by atoms with E-state index in [1.807, 2.05) is 6.92 Å². The van der Waals surface area contributed by atoms with Crippen molar-refractivity contribution in [1.29, 1.82) is 0 Å². The average molecular weight is 233 g/mol. The summed E-state index contributed by atoms with van der Waals surface area (Å²) in [5, 5.41) is 14.3. The highest BCUT2D eigenvalue weighted by molar-refractivity contribution is 5.72. The predicted octanol–water partition coefficient (Wildman–Crippen LogP) is 1.69. The standard InChI is InChI=1S/C12H15N3O2/c1-7-4-8(17-3)5-9(12(7)16)10-6-11(13)15(2)14-10/h4-6,16H,13H2,1-3H3. The highest BCUT2D eigenvalue weighted by atomic mass is 16.5. The van der Waals surface area contributed by atoms with Gasteiger partial charge in [-0.1, -0.05) is 0 Å². The molecular weight excluding hydrogens is 218 g/mol. The van der Waals surface area contributed by atoms with Crippen LogP contribution in [0.4, 0.5) is 5.82 Å². The molecule has 0 bridgehead atoms. The first-order valence-corrected chi connectivity index (χ1v) is 5.20. The molecule has 0 atom stereocenters. The van der Waals surface area contributed by atoms with Crippen LogP contribution in [0, 0.1) is 6.92 Å². The van der Waals surface area contributed by atoms with Gasteiger partial charge in [0.25, 0.3) is 0 Å². The molecule has 90 valence electrons. The van der Waals surface area contributed by atoms with Crippen LogP contribution in [0.1, 0.15) is 5.56 Å². The largest absolute Gasteiger partial charge is 0.507 e. The molecular formula is C12H15N3O2. The van der Waals surface area contributed by atoms with Crippen LogP contribution in [-0.2, 0) is 7.05 Å². The molecule has 5 heteroatoms. The Morgan fingerprint density at radius 3 is 2.59 bits per heavy atom. The molecule has 0 saturated carbocycles. The van der Waals surface area contributed by atoms with Gasteiger partial charge in [-0.3, -0.25) is 4.68 Å². The van der Waals surface area contributed by atoms with Crippen LogP contribution in [-0.4, -0.2) is 22.0 Å². The van der Waals surface area contributed by atoms with Crippen molar-refractivity contribution >= 4 is 5.82 Å². The fourth-order valence-electron chi connectivity index (χ4n) is 1.67. The first-order valence-electron chi connectivity index (χ1n) is 5.20. The number of hydrogen-bond acceptors (Lipinski definition) is 4. The fraction of sp³-hybridized carbons (Fsp3) is 0.250. The Bertz CT molecular complexity index is 542. The lowest BCUT2D eigenvalue weighted by molar-refractivity contribution is 0.412. The number of phenolic OH excluding ortho intramolecular Hbond substituents is 1. The van der Waals surface area contributed by atoms with E-state index in [1.54, 1.807) is 37.0 Å². The topological polar surface area (TPSA) is 73.3 Å². The van der Waals surface area contributed by atoms with E-state index in [1.165, 1.54) is 0 Å².